The van der Waals surface area contributed by atoms with Gasteiger partial charge < -0.3 is 24.7 Å². The third-order valence-electron chi connectivity index (χ3n) is 6.18. The van der Waals surface area contributed by atoms with Gasteiger partial charge in [-0.1, -0.05) is 23.7 Å². The van der Waals surface area contributed by atoms with Crippen LogP contribution in [0.2, 0.25) is 5.15 Å². The Morgan fingerprint density at radius 1 is 1.13 bits per heavy atom. The van der Waals surface area contributed by atoms with Gasteiger partial charge in [0.2, 0.25) is 5.95 Å². The van der Waals surface area contributed by atoms with Crippen LogP contribution in [0.15, 0.2) is 55.0 Å². The van der Waals surface area contributed by atoms with E-state index in [1.165, 1.54) is 12.1 Å². The Kier molecular flexibility index (Phi) is 7.02. The second kappa shape index (κ2) is 10.4. The van der Waals surface area contributed by atoms with Crippen LogP contribution in [0.4, 0.5) is 30.6 Å². The lowest BCUT2D eigenvalue weighted by molar-refractivity contribution is -0.274. The first kappa shape index (κ1) is 25.7. The van der Waals surface area contributed by atoms with Gasteiger partial charge in [-0.2, -0.15) is 4.98 Å². The van der Waals surface area contributed by atoms with Crippen LogP contribution < -0.4 is 20.1 Å². The zero-order valence-electron chi connectivity index (χ0n) is 20.5. The molecular weight excluding hydrogens is 521 g/mol. The summed E-state index contributed by atoms with van der Waals surface area (Å²) < 4.78 is 49.0. The van der Waals surface area contributed by atoms with Crippen molar-refractivity contribution in [2.24, 2.45) is 0 Å². The van der Waals surface area contributed by atoms with E-state index >= 15 is 0 Å². The smallest absolute Gasteiger partial charge is 0.494 e. The van der Waals surface area contributed by atoms with Crippen molar-refractivity contribution >= 4 is 29.1 Å². The first-order valence-corrected chi connectivity index (χ1v) is 12.3. The number of fused-ring (bicyclic) bond motifs is 1. The predicted molar refractivity (Wildman–Crippen MR) is 138 cm³/mol. The molecule has 4 aromatic rings. The number of rotatable bonds is 8. The van der Waals surface area contributed by atoms with Gasteiger partial charge in [0.15, 0.2) is 0 Å². The van der Waals surface area contributed by atoms with E-state index in [4.69, 9.17) is 26.3 Å². The third kappa shape index (κ3) is 5.47. The molecule has 0 saturated carbocycles. The standard InChI is InChI=1S/C26H24ClF3N6O2/c1-3-31-24-19-10-9-18(15-4-7-17(8-5-15)38-26(28,29)30)23(19)34-25(35-24)33-16-6-11-20(21(12-16)37-2)36-13-22(27)32-14-36/h4-8,11-14,18H,3,9-10H2,1-2H3,(H2,31,33,34,35). The molecule has 2 aromatic carbocycles. The van der Waals surface area contributed by atoms with E-state index in [9.17, 15) is 13.2 Å². The van der Waals surface area contributed by atoms with E-state index in [-0.39, 0.29) is 11.7 Å². The van der Waals surface area contributed by atoms with Crippen LogP contribution in [0.3, 0.4) is 0 Å². The molecule has 5 rings (SSSR count). The van der Waals surface area contributed by atoms with Crippen LogP contribution in [-0.4, -0.2) is 39.5 Å². The van der Waals surface area contributed by atoms with Crippen LogP contribution in [0.5, 0.6) is 11.5 Å². The lowest BCUT2D eigenvalue weighted by Crippen LogP contribution is -2.17. The summed E-state index contributed by atoms with van der Waals surface area (Å²) in [5.74, 6) is 1.37. The highest BCUT2D eigenvalue weighted by Gasteiger charge is 2.32. The van der Waals surface area contributed by atoms with E-state index in [2.05, 4.69) is 20.4 Å². The van der Waals surface area contributed by atoms with Gasteiger partial charge in [0.05, 0.1) is 18.5 Å². The number of benzene rings is 2. The van der Waals surface area contributed by atoms with Crippen molar-refractivity contribution < 1.29 is 22.6 Å². The number of hydrogen-bond acceptors (Lipinski definition) is 7. The number of aromatic nitrogens is 4. The highest BCUT2D eigenvalue weighted by Crippen LogP contribution is 2.41. The molecule has 2 N–H and O–H groups in total. The Hall–Kier alpha value is -3.99. The van der Waals surface area contributed by atoms with Crippen LogP contribution in [0.1, 0.15) is 36.1 Å². The zero-order valence-corrected chi connectivity index (χ0v) is 21.3. The number of imidazole rings is 1. The fourth-order valence-electron chi connectivity index (χ4n) is 4.59. The lowest BCUT2D eigenvalue weighted by atomic mass is 9.96. The number of methoxy groups -OCH3 is 1. The van der Waals surface area contributed by atoms with Crippen molar-refractivity contribution in [3.05, 3.63) is 77.0 Å². The zero-order chi connectivity index (χ0) is 26.9. The lowest BCUT2D eigenvalue weighted by Gasteiger charge is -2.17. The quantitative estimate of drug-likeness (QED) is 0.263. The van der Waals surface area contributed by atoms with Crippen molar-refractivity contribution in [3.8, 4) is 17.2 Å². The second-order valence-corrected chi connectivity index (χ2v) is 9.00. The van der Waals surface area contributed by atoms with Gasteiger partial charge in [0, 0.05) is 36.0 Å². The molecule has 0 amide bonds. The van der Waals surface area contributed by atoms with E-state index in [0.717, 1.165) is 41.2 Å². The molecule has 0 fully saturated rings. The molecule has 1 aliphatic carbocycles. The Balaban J connectivity index is 1.44. The topological polar surface area (TPSA) is 86.1 Å². The molecule has 2 aromatic heterocycles. The number of nitrogens with one attached hydrogen (secondary N) is 2. The summed E-state index contributed by atoms with van der Waals surface area (Å²) in [6.07, 6.45) is 0.0612. The minimum Gasteiger partial charge on any atom is -0.494 e. The molecular formula is C26H24ClF3N6O2. The average molecular weight is 545 g/mol. The van der Waals surface area contributed by atoms with Crippen molar-refractivity contribution in [3.63, 3.8) is 0 Å². The van der Waals surface area contributed by atoms with E-state index in [1.54, 1.807) is 36.3 Å². The highest BCUT2D eigenvalue weighted by atomic mass is 35.5. The molecule has 12 heteroatoms. The first-order chi connectivity index (χ1) is 18.2. The average Bonchev–Trinajstić information content (AvgIpc) is 3.50. The monoisotopic (exact) mass is 544 g/mol. The second-order valence-electron chi connectivity index (χ2n) is 8.61. The Morgan fingerprint density at radius 2 is 1.92 bits per heavy atom. The Morgan fingerprint density at radius 3 is 2.58 bits per heavy atom. The summed E-state index contributed by atoms with van der Waals surface area (Å²) >= 11 is 5.96. The first-order valence-electron chi connectivity index (χ1n) is 11.9. The van der Waals surface area contributed by atoms with Gasteiger partial charge in [-0.3, -0.25) is 0 Å². The largest absolute Gasteiger partial charge is 0.573 e. The summed E-state index contributed by atoms with van der Waals surface area (Å²) in [7, 11) is 1.58. The van der Waals surface area contributed by atoms with E-state index < -0.39 is 6.36 Å². The van der Waals surface area contributed by atoms with Gasteiger partial charge in [0.1, 0.15) is 28.8 Å². The summed E-state index contributed by atoms with van der Waals surface area (Å²) in [4.78, 5) is 13.6. The molecule has 198 valence electrons. The van der Waals surface area contributed by atoms with Gasteiger partial charge in [-0.25, -0.2) is 9.97 Å². The van der Waals surface area contributed by atoms with Crippen molar-refractivity contribution in [2.45, 2.75) is 32.0 Å². The van der Waals surface area contributed by atoms with Crippen LogP contribution >= 0.6 is 11.6 Å². The molecule has 1 atom stereocenters. The fraction of sp³-hybridized carbons (Fsp3) is 0.269. The maximum Gasteiger partial charge on any atom is 0.573 e. The van der Waals surface area contributed by atoms with Gasteiger partial charge in [-0.15, -0.1) is 13.2 Å². The molecule has 38 heavy (non-hydrogen) atoms. The van der Waals surface area contributed by atoms with Crippen LogP contribution in [0.25, 0.3) is 5.69 Å². The minimum atomic E-state index is -4.73. The molecule has 1 unspecified atom stereocenters. The summed E-state index contributed by atoms with van der Waals surface area (Å²) in [6.45, 7) is 2.66. The van der Waals surface area contributed by atoms with Gasteiger partial charge >= 0.3 is 6.36 Å². The summed E-state index contributed by atoms with van der Waals surface area (Å²) in [6, 6.07) is 11.5. The molecule has 0 saturated heterocycles. The number of halogens is 4. The number of hydrogen-bond donors (Lipinski definition) is 2. The van der Waals surface area contributed by atoms with Crippen LogP contribution in [0, 0.1) is 0 Å². The SMILES string of the molecule is CCNc1nc(Nc2ccc(-n3cnc(Cl)c3)c(OC)c2)nc2c1CCC2c1ccc(OC(F)(F)F)cc1. The minimum absolute atomic E-state index is 0.0891. The number of anilines is 3. The van der Waals surface area contributed by atoms with Crippen LogP contribution in [-0.2, 0) is 6.42 Å². The van der Waals surface area contributed by atoms with E-state index in [0.29, 0.717) is 29.1 Å². The maximum absolute atomic E-state index is 12.6. The molecule has 0 aliphatic heterocycles. The van der Waals surface area contributed by atoms with Gasteiger partial charge in [-0.05, 0) is 49.6 Å². The maximum atomic E-state index is 12.6. The van der Waals surface area contributed by atoms with Crippen molar-refractivity contribution in [1.82, 2.24) is 19.5 Å². The van der Waals surface area contributed by atoms with E-state index in [1.807, 2.05) is 25.1 Å². The molecule has 0 spiro atoms. The third-order valence-corrected chi connectivity index (χ3v) is 6.37. The molecule has 1 aliphatic rings. The molecule has 2 heterocycles. The molecule has 0 radical (unpaired) electrons. The highest BCUT2D eigenvalue weighted by molar-refractivity contribution is 6.29. The Labute approximate surface area is 221 Å². The molecule has 8 nitrogen and oxygen atoms in total. The Bertz CT molecular complexity index is 1440. The number of alkyl halides is 3. The molecule has 0 bridgehead atoms. The van der Waals surface area contributed by atoms with Crippen molar-refractivity contribution in [1.29, 1.82) is 0 Å². The fourth-order valence-corrected chi connectivity index (χ4v) is 4.73. The summed E-state index contributed by atoms with van der Waals surface area (Å²) in [5.41, 5.74) is 4.17. The predicted octanol–water partition coefficient (Wildman–Crippen LogP) is 6.48. The number of nitrogens with zero attached hydrogens (tertiary/aromatic N) is 4. The number of ether oxygens (including phenoxy) is 2. The summed E-state index contributed by atoms with van der Waals surface area (Å²) in [5, 5.41) is 6.94. The normalized spacial score (nSPS) is 14.7. The van der Waals surface area contributed by atoms with Gasteiger partial charge in [0.25, 0.3) is 0 Å². The van der Waals surface area contributed by atoms with Crippen molar-refractivity contribution in [2.75, 3.05) is 24.3 Å².